The highest BCUT2D eigenvalue weighted by Crippen LogP contribution is 2.38. The number of furan rings is 1. The van der Waals surface area contributed by atoms with Crippen LogP contribution in [0.5, 0.6) is 0 Å². The smallest absolute Gasteiger partial charge is 0.339 e. The van der Waals surface area contributed by atoms with Crippen LogP contribution in [-0.4, -0.2) is 17.0 Å². The number of aromatic carboxylic acids is 1. The summed E-state index contributed by atoms with van der Waals surface area (Å²) in [5.41, 5.74) is 0.366. The predicted molar refractivity (Wildman–Crippen MR) is 108 cm³/mol. The van der Waals surface area contributed by atoms with E-state index in [0.717, 1.165) is 16.7 Å². The average Bonchev–Trinajstić information content (AvgIpc) is 3.32. The van der Waals surface area contributed by atoms with Crippen molar-refractivity contribution < 1.29 is 27.9 Å². The fraction of sp³-hybridized carbons (Fsp3) is 0. The van der Waals surface area contributed by atoms with Crippen LogP contribution in [0.25, 0.3) is 22.1 Å². The Morgan fingerprint density at radius 2 is 1.86 bits per heavy atom. The summed E-state index contributed by atoms with van der Waals surface area (Å²) in [6.45, 7) is 0. The van der Waals surface area contributed by atoms with Crippen molar-refractivity contribution in [3.63, 3.8) is 0 Å². The monoisotopic (exact) mass is 477 g/mol. The molecule has 2 aromatic heterocycles. The molecule has 0 saturated heterocycles. The first-order chi connectivity index (χ1) is 13.9. The zero-order chi connectivity index (χ0) is 20.7. The number of hydrogen-bond donors (Lipinski definition) is 2. The van der Waals surface area contributed by atoms with Crippen LogP contribution in [0.2, 0.25) is 0 Å². The molecule has 0 bridgehead atoms. The SMILES string of the molecule is O=C(Nc1scc(-c2ccc(Br)c(F)c2F)c1C(=O)O)c1ccc2occc2c1. The maximum atomic E-state index is 14.4. The summed E-state index contributed by atoms with van der Waals surface area (Å²) in [6.07, 6.45) is 1.49. The van der Waals surface area contributed by atoms with Gasteiger partial charge in [0.1, 0.15) is 16.1 Å². The van der Waals surface area contributed by atoms with Gasteiger partial charge >= 0.3 is 5.97 Å². The van der Waals surface area contributed by atoms with Crippen molar-refractivity contribution in [3.05, 3.63) is 75.3 Å². The highest BCUT2D eigenvalue weighted by atomic mass is 79.9. The molecule has 0 aliphatic rings. The maximum Gasteiger partial charge on any atom is 0.339 e. The Labute approximate surface area is 174 Å². The lowest BCUT2D eigenvalue weighted by molar-refractivity contribution is 0.0699. The molecule has 0 aliphatic heterocycles. The van der Waals surface area contributed by atoms with Crippen molar-refractivity contribution in [1.82, 2.24) is 0 Å². The quantitative estimate of drug-likeness (QED) is 0.345. The summed E-state index contributed by atoms with van der Waals surface area (Å²) in [7, 11) is 0. The van der Waals surface area contributed by atoms with Crippen molar-refractivity contribution in [3.8, 4) is 11.1 Å². The molecule has 2 N–H and O–H groups in total. The van der Waals surface area contributed by atoms with Gasteiger partial charge in [-0.3, -0.25) is 4.79 Å². The Hall–Kier alpha value is -3.04. The van der Waals surface area contributed by atoms with Gasteiger partial charge in [0.2, 0.25) is 0 Å². The number of benzene rings is 2. The van der Waals surface area contributed by atoms with Crippen molar-refractivity contribution >= 4 is 55.1 Å². The van der Waals surface area contributed by atoms with Crippen molar-refractivity contribution in [2.45, 2.75) is 0 Å². The van der Waals surface area contributed by atoms with Crippen molar-refractivity contribution in [1.29, 1.82) is 0 Å². The molecule has 0 fully saturated rings. The first-order valence-electron chi connectivity index (χ1n) is 8.14. The van der Waals surface area contributed by atoms with E-state index in [4.69, 9.17) is 4.42 Å². The molecule has 4 aromatic rings. The Balaban J connectivity index is 1.72. The van der Waals surface area contributed by atoms with E-state index in [-0.39, 0.29) is 26.2 Å². The second-order valence-corrected chi connectivity index (χ2v) is 7.74. The number of carboxylic acid groups (broad SMARTS) is 1. The second-order valence-electron chi connectivity index (χ2n) is 6.01. The molecule has 5 nitrogen and oxygen atoms in total. The molecule has 4 rings (SSSR count). The van der Waals surface area contributed by atoms with E-state index in [2.05, 4.69) is 21.2 Å². The Morgan fingerprint density at radius 3 is 2.62 bits per heavy atom. The van der Waals surface area contributed by atoms with Gasteiger partial charge in [0.05, 0.1) is 10.7 Å². The van der Waals surface area contributed by atoms with Crippen LogP contribution in [0.1, 0.15) is 20.7 Å². The lowest BCUT2D eigenvalue weighted by Crippen LogP contribution is -2.13. The number of thiophene rings is 1. The fourth-order valence-corrected chi connectivity index (χ4v) is 4.13. The fourth-order valence-electron chi connectivity index (χ4n) is 2.88. The van der Waals surface area contributed by atoms with E-state index in [1.165, 1.54) is 23.8 Å². The highest BCUT2D eigenvalue weighted by molar-refractivity contribution is 9.10. The lowest BCUT2D eigenvalue weighted by Gasteiger charge is -2.08. The summed E-state index contributed by atoms with van der Waals surface area (Å²) >= 11 is 3.80. The molecule has 2 aromatic carbocycles. The average molecular weight is 478 g/mol. The maximum absolute atomic E-state index is 14.4. The Kier molecular flexibility index (Phi) is 4.93. The van der Waals surface area contributed by atoms with Gasteiger partial charge in [-0.05, 0) is 46.3 Å². The molecule has 9 heteroatoms. The molecule has 0 atom stereocenters. The van der Waals surface area contributed by atoms with Crippen LogP contribution in [-0.2, 0) is 0 Å². The molecule has 2 heterocycles. The minimum absolute atomic E-state index is 0.0208. The number of carbonyl (C=O) groups is 2. The molecule has 0 spiro atoms. The topological polar surface area (TPSA) is 79.5 Å². The number of amides is 1. The molecule has 0 aliphatic carbocycles. The Bertz CT molecular complexity index is 1280. The van der Waals surface area contributed by atoms with Crippen LogP contribution in [0.4, 0.5) is 13.8 Å². The second kappa shape index (κ2) is 7.41. The van der Waals surface area contributed by atoms with Gasteiger partial charge in [-0.2, -0.15) is 0 Å². The van der Waals surface area contributed by atoms with Gasteiger partial charge in [-0.25, -0.2) is 13.6 Å². The summed E-state index contributed by atoms with van der Waals surface area (Å²) in [6, 6.07) is 9.03. The number of halogens is 3. The zero-order valence-electron chi connectivity index (χ0n) is 14.3. The number of anilines is 1. The highest BCUT2D eigenvalue weighted by Gasteiger charge is 2.25. The normalized spacial score (nSPS) is 11.0. The van der Waals surface area contributed by atoms with E-state index < -0.39 is 23.5 Å². The number of fused-ring (bicyclic) bond motifs is 1. The summed E-state index contributed by atoms with van der Waals surface area (Å²) < 4.78 is 33.4. The number of rotatable bonds is 4. The summed E-state index contributed by atoms with van der Waals surface area (Å²) in [5, 5.41) is 14.3. The first-order valence-corrected chi connectivity index (χ1v) is 9.81. The Morgan fingerprint density at radius 1 is 1.07 bits per heavy atom. The standard InChI is InChI=1S/C20H10BrF2NO4S/c21-13-3-2-11(16(22)17(13)23)12-8-29-19(15(12)20(26)27)24-18(25)10-1-4-14-9(7-10)5-6-28-14/h1-8H,(H,24,25)(H,26,27). The molecule has 1 amide bonds. The van der Waals surface area contributed by atoms with Gasteiger partial charge in [0, 0.05) is 27.5 Å². The number of carbonyl (C=O) groups excluding carboxylic acids is 1. The van der Waals surface area contributed by atoms with Gasteiger partial charge in [-0.1, -0.05) is 6.07 Å². The summed E-state index contributed by atoms with van der Waals surface area (Å²) in [5.74, 6) is -4.21. The minimum atomic E-state index is -1.37. The summed E-state index contributed by atoms with van der Waals surface area (Å²) in [4.78, 5) is 24.4. The third kappa shape index (κ3) is 3.43. The lowest BCUT2D eigenvalue weighted by atomic mass is 10.0. The van der Waals surface area contributed by atoms with E-state index >= 15 is 0 Å². The number of carboxylic acids is 1. The van der Waals surface area contributed by atoms with E-state index in [0.29, 0.717) is 11.1 Å². The van der Waals surface area contributed by atoms with E-state index in [1.54, 1.807) is 24.3 Å². The zero-order valence-corrected chi connectivity index (χ0v) is 16.7. The van der Waals surface area contributed by atoms with E-state index in [9.17, 15) is 23.5 Å². The largest absolute Gasteiger partial charge is 0.478 e. The third-order valence-electron chi connectivity index (χ3n) is 4.27. The van der Waals surface area contributed by atoms with Gasteiger partial charge in [0.25, 0.3) is 5.91 Å². The molecular weight excluding hydrogens is 468 g/mol. The minimum Gasteiger partial charge on any atom is -0.478 e. The van der Waals surface area contributed by atoms with Gasteiger partial charge < -0.3 is 14.8 Å². The number of hydrogen-bond acceptors (Lipinski definition) is 4. The van der Waals surface area contributed by atoms with Crippen LogP contribution in [0.3, 0.4) is 0 Å². The van der Waals surface area contributed by atoms with Crippen LogP contribution in [0.15, 0.2) is 56.9 Å². The third-order valence-corrected chi connectivity index (χ3v) is 5.78. The molecule has 146 valence electrons. The van der Waals surface area contributed by atoms with Crippen molar-refractivity contribution in [2.75, 3.05) is 5.32 Å². The van der Waals surface area contributed by atoms with Crippen molar-refractivity contribution in [2.24, 2.45) is 0 Å². The van der Waals surface area contributed by atoms with Gasteiger partial charge in [-0.15, -0.1) is 11.3 Å². The predicted octanol–water partition coefficient (Wildman–Crippen LogP) is 6.15. The molecule has 0 unspecified atom stereocenters. The van der Waals surface area contributed by atoms with Gasteiger partial charge in [0.15, 0.2) is 11.6 Å². The van der Waals surface area contributed by atoms with E-state index in [1.807, 2.05) is 0 Å². The molecule has 0 radical (unpaired) electrons. The molecular formula is C20H10BrF2NO4S. The molecule has 0 saturated carbocycles. The number of nitrogens with one attached hydrogen (secondary N) is 1. The van der Waals surface area contributed by atoms with Crippen LogP contribution >= 0.6 is 27.3 Å². The van der Waals surface area contributed by atoms with Crippen LogP contribution in [0, 0.1) is 11.6 Å². The first kappa shape index (κ1) is 19.3. The van der Waals surface area contributed by atoms with Crippen LogP contribution < -0.4 is 5.32 Å². The molecule has 29 heavy (non-hydrogen) atoms.